The van der Waals surface area contributed by atoms with E-state index < -0.39 is 0 Å². The highest BCUT2D eigenvalue weighted by molar-refractivity contribution is 14.1. The molecular weight excluding hydrogens is 269 g/mol. The van der Waals surface area contributed by atoms with E-state index in [0.29, 0.717) is 15.0 Å². The van der Waals surface area contributed by atoms with Crippen LogP contribution in [-0.4, -0.2) is 11.3 Å². The Balaban J connectivity index is 2.74. The molecule has 0 saturated carbocycles. The molecule has 0 aliphatic carbocycles. The van der Waals surface area contributed by atoms with Crippen LogP contribution in [0.3, 0.4) is 0 Å². The molecule has 0 amide bonds. The van der Waals surface area contributed by atoms with Gasteiger partial charge in [-0.25, -0.2) is 4.98 Å². The first-order chi connectivity index (χ1) is 5.79. The van der Waals surface area contributed by atoms with Gasteiger partial charge in [0.2, 0.25) is 0 Å². The quantitative estimate of drug-likeness (QED) is 0.591. The maximum atomic E-state index is 10.4. The van der Waals surface area contributed by atoms with Gasteiger partial charge < -0.3 is 4.42 Å². The van der Waals surface area contributed by atoms with Crippen molar-refractivity contribution in [1.82, 2.24) is 4.98 Å². The summed E-state index contributed by atoms with van der Waals surface area (Å²) in [5.41, 5.74) is 2.06. The fraction of sp³-hybridized carbons (Fsp3) is 0. The lowest BCUT2D eigenvalue weighted by molar-refractivity contribution is 0.112. The van der Waals surface area contributed by atoms with E-state index in [1.54, 1.807) is 18.2 Å². The van der Waals surface area contributed by atoms with Gasteiger partial charge in [-0.1, -0.05) is 0 Å². The summed E-state index contributed by atoms with van der Waals surface area (Å²) < 4.78 is 5.82. The van der Waals surface area contributed by atoms with Crippen molar-refractivity contribution in [3.05, 3.63) is 27.7 Å². The van der Waals surface area contributed by atoms with E-state index in [1.807, 2.05) is 22.6 Å². The van der Waals surface area contributed by atoms with Gasteiger partial charge in [-0.2, -0.15) is 0 Å². The zero-order valence-corrected chi connectivity index (χ0v) is 8.11. The van der Waals surface area contributed by atoms with Crippen LogP contribution in [0.2, 0.25) is 0 Å². The molecule has 0 fully saturated rings. The van der Waals surface area contributed by atoms with Crippen molar-refractivity contribution in [2.45, 2.75) is 0 Å². The van der Waals surface area contributed by atoms with Crippen molar-refractivity contribution in [3.8, 4) is 0 Å². The molecule has 1 aromatic heterocycles. The zero-order chi connectivity index (χ0) is 8.55. The molecule has 0 aliphatic heterocycles. The molecule has 3 nitrogen and oxygen atoms in total. The summed E-state index contributed by atoms with van der Waals surface area (Å²) in [4.78, 5) is 14.5. The molecule has 60 valence electrons. The molecule has 0 unspecified atom stereocenters. The van der Waals surface area contributed by atoms with Gasteiger partial charge in [0.15, 0.2) is 5.58 Å². The number of benzene rings is 1. The van der Waals surface area contributed by atoms with E-state index in [0.717, 1.165) is 11.8 Å². The van der Waals surface area contributed by atoms with Crippen LogP contribution < -0.4 is 0 Å². The molecule has 12 heavy (non-hydrogen) atoms. The molecule has 2 aromatic rings. The van der Waals surface area contributed by atoms with Gasteiger partial charge in [-0.05, 0) is 18.2 Å². The second-order valence-corrected chi connectivity index (χ2v) is 3.23. The van der Waals surface area contributed by atoms with Crippen LogP contribution in [0.4, 0.5) is 0 Å². The summed E-state index contributed by atoms with van der Waals surface area (Å²) >= 11 is 1.99. The summed E-state index contributed by atoms with van der Waals surface area (Å²) in [5.74, 6) is 0. The Kier molecular flexibility index (Phi) is 1.84. The molecule has 1 aromatic carbocycles. The maximum absolute atomic E-state index is 10.4. The largest absolute Gasteiger partial charge is 0.432 e. The van der Waals surface area contributed by atoms with Crippen LogP contribution in [-0.2, 0) is 0 Å². The first-order valence-electron chi connectivity index (χ1n) is 3.31. The van der Waals surface area contributed by atoms with Gasteiger partial charge in [0.25, 0.3) is 3.90 Å². The third kappa shape index (κ3) is 1.22. The minimum Gasteiger partial charge on any atom is -0.432 e. The molecule has 0 saturated heterocycles. The monoisotopic (exact) mass is 273 g/mol. The SMILES string of the molecule is O=Cc1ccc2oc(I)nc2c1. The van der Waals surface area contributed by atoms with Crippen molar-refractivity contribution in [3.63, 3.8) is 0 Å². The highest BCUT2D eigenvalue weighted by Gasteiger charge is 2.02. The van der Waals surface area contributed by atoms with Crippen molar-refractivity contribution in [2.24, 2.45) is 0 Å². The highest BCUT2D eigenvalue weighted by atomic mass is 127. The van der Waals surface area contributed by atoms with Crippen LogP contribution in [0.15, 0.2) is 22.6 Å². The van der Waals surface area contributed by atoms with Gasteiger partial charge in [-0.15, -0.1) is 0 Å². The van der Waals surface area contributed by atoms with Crippen LogP contribution >= 0.6 is 22.6 Å². The number of oxazole rings is 1. The number of hydrogen-bond acceptors (Lipinski definition) is 3. The fourth-order valence-corrected chi connectivity index (χ4v) is 1.49. The zero-order valence-electron chi connectivity index (χ0n) is 5.95. The second kappa shape index (κ2) is 2.85. The predicted molar refractivity (Wildman–Crippen MR) is 52.1 cm³/mol. The number of carbonyl (C=O) groups is 1. The number of hydrogen-bond donors (Lipinski definition) is 0. The number of aldehydes is 1. The lowest BCUT2D eigenvalue weighted by atomic mass is 10.2. The molecule has 0 atom stereocenters. The Labute approximate surface area is 81.9 Å². The number of rotatable bonds is 1. The Hall–Kier alpha value is -0.910. The van der Waals surface area contributed by atoms with Crippen molar-refractivity contribution in [1.29, 1.82) is 0 Å². The Morgan fingerprint density at radius 3 is 3.08 bits per heavy atom. The van der Waals surface area contributed by atoms with Crippen LogP contribution in [0.5, 0.6) is 0 Å². The molecule has 0 radical (unpaired) electrons. The Bertz CT molecular complexity index is 436. The van der Waals surface area contributed by atoms with Gasteiger partial charge in [0.1, 0.15) is 11.8 Å². The Morgan fingerprint density at radius 2 is 2.33 bits per heavy atom. The average Bonchev–Trinajstić information content (AvgIpc) is 2.43. The number of fused-ring (bicyclic) bond motifs is 1. The third-order valence-corrected chi connectivity index (χ3v) is 1.98. The predicted octanol–water partition coefficient (Wildman–Crippen LogP) is 2.24. The third-order valence-electron chi connectivity index (χ3n) is 1.52. The van der Waals surface area contributed by atoms with Crippen LogP contribution in [0.25, 0.3) is 11.1 Å². The topological polar surface area (TPSA) is 43.1 Å². The Morgan fingerprint density at radius 1 is 1.50 bits per heavy atom. The van der Waals surface area contributed by atoms with Gasteiger partial charge in [0, 0.05) is 28.2 Å². The molecule has 0 bridgehead atoms. The van der Waals surface area contributed by atoms with Crippen molar-refractivity contribution in [2.75, 3.05) is 0 Å². The van der Waals surface area contributed by atoms with Gasteiger partial charge >= 0.3 is 0 Å². The highest BCUT2D eigenvalue weighted by Crippen LogP contribution is 2.17. The van der Waals surface area contributed by atoms with Gasteiger partial charge in [0.05, 0.1) is 0 Å². The lowest BCUT2D eigenvalue weighted by Gasteiger charge is -1.86. The first-order valence-corrected chi connectivity index (χ1v) is 4.39. The lowest BCUT2D eigenvalue weighted by Crippen LogP contribution is -1.77. The average molecular weight is 273 g/mol. The van der Waals surface area contributed by atoms with E-state index in [9.17, 15) is 4.79 Å². The normalized spacial score (nSPS) is 10.4. The molecule has 0 spiro atoms. The van der Waals surface area contributed by atoms with Crippen molar-refractivity contribution < 1.29 is 9.21 Å². The summed E-state index contributed by atoms with van der Waals surface area (Å²) in [7, 11) is 0. The minimum absolute atomic E-state index is 0.589. The van der Waals surface area contributed by atoms with Crippen LogP contribution in [0, 0.1) is 3.90 Å². The number of halogens is 1. The minimum atomic E-state index is 0.589. The number of aromatic nitrogens is 1. The standard InChI is InChI=1S/C8H4INO2/c9-8-10-6-3-5(4-11)1-2-7(6)12-8/h1-4H. The smallest absolute Gasteiger partial charge is 0.258 e. The molecule has 2 rings (SSSR count). The maximum Gasteiger partial charge on any atom is 0.258 e. The first kappa shape index (κ1) is 7.72. The summed E-state index contributed by atoms with van der Waals surface area (Å²) in [6.45, 7) is 0. The molecule has 0 N–H and O–H groups in total. The fourth-order valence-electron chi connectivity index (χ4n) is 0.990. The number of nitrogens with zero attached hydrogens (tertiary/aromatic N) is 1. The van der Waals surface area contributed by atoms with E-state index >= 15 is 0 Å². The molecule has 0 aliphatic rings. The van der Waals surface area contributed by atoms with Crippen molar-refractivity contribution >= 4 is 40.0 Å². The van der Waals surface area contributed by atoms with Crippen LogP contribution in [0.1, 0.15) is 10.4 Å². The summed E-state index contributed by atoms with van der Waals surface area (Å²) in [6.07, 6.45) is 0.793. The summed E-state index contributed by atoms with van der Waals surface area (Å²) in [6, 6.07) is 5.15. The molecular formula is C8H4INO2. The number of carbonyl (C=O) groups excluding carboxylic acids is 1. The summed E-state index contributed by atoms with van der Waals surface area (Å²) in [5, 5.41) is 0. The van der Waals surface area contributed by atoms with E-state index in [2.05, 4.69) is 4.98 Å². The second-order valence-electron chi connectivity index (χ2n) is 2.31. The van der Waals surface area contributed by atoms with E-state index in [1.165, 1.54) is 0 Å². The molecule has 1 heterocycles. The van der Waals surface area contributed by atoms with E-state index in [4.69, 9.17) is 4.42 Å². The molecule has 4 heteroatoms. The van der Waals surface area contributed by atoms with Gasteiger partial charge in [-0.3, -0.25) is 4.79 Å². The van der Waals surface area contributed by atoms with E-state index in [-0.39, 0.29) is 0 Å².